The van der Waals surface area contributed by atoms with E-state index >= 15 is 0 Å². The van der Waals surface area contributed by atoms with E-state index in [4.69, 9.17) is 5.73 Å². The molecule has 2 N–H and O–H groups in total. The summed E-state index contributed by atoms with van der Waals surface area (Å²) in [4.78, 5) is 15.5. The number of rotatable bonds is 1. The maximum absolute atomic E-state index is 11.8. The van der Waals surface area contributed by atoms with Crippen molar-refractivity contribution in [3.05, 3.63) is 41.7 Å². The fraction of sp³-hybridized carbons (Fsp3) is 0.100. The number of nitrogens with zero attached hydrogens (tertiary/aromatic N) is 3. The number of hydrogen-bond donors (Lipinski definition) is 1. The van der Waals surface area contributed by atoms with E-state index in [2.05, 4.69) is 10.1 Å². The zero-order valence-corrected chi connectivity index (χ0v) is 8.21. The smallest absolute Gasteiger partial charge is 0.279 e. The predicted octanol–water partition coefficient (Wildman–Crippen LogP) is 0.857. The minimum Gasteiger partial charge on any atom is -0.366 e. The van der Waals surface area contributed by atoms with Gasteiger partial charge < -0.3 is 5.73 Å². The van der Waals surface area contributed by atoms with E-state index in [0.717, 1.165) is 10.2 Å². The van der Waals surface area contributed by atoms with Crippen molar-refractivity contribution >= 4 is 11.9 Å². The maximum Gasteiger partial charge on any atom is 0.279 e. The summed E-state index contributed by atoms with van der Waals surface area (Å²) in [6, 6.07) is 7.27. The zero-order chi connectivity index (χ0) is 10.8. The van der Waals surface area contributed by atoms with Gasteiger partial charge in [-0.2, -0.15) is 4.68 Å². The third-order valence-corrected chi connectivity index (χ3v) is 1.98. The van der Waals surface area contributed by atoms with E-state index < -0.39 is 0 Å². The second-order valence-corrected chi connectivity index (χ2v) is 3.22. The van der Waals surface area contributed by atoms with Gasteiger partial charge in [-0.1, -0.05) is 17.7 Å². The van der Waals surface area contributed by atoms with Crippen molar-refractivity contribution < 1.29 is 4.79 Å². The lowest BCUT2D eigenvalue weighted by Crippen LogP contribution is -2.12. The Morgan fingerprint density at radius 1 is 1.47 bits per heavy atom. The molecule has 1 aromatic carbocycles. The van der Waals surface area contributed by atoms with Crippen molar-refractivity contribution in [1.29, 1.82) is 0 Å². The quantitative estimate of drug-likeness (QED) is 0.744. The molecular weight excluding hydrogens is 192 g/mol. The summed E-state index contributed by atoms with van der Waals surface area (Å²) >= 11 is 0. The van der Waals surface area contributed by atoms with Crippen molar-refractivity contribution in [2.45, 2.75) is 6.92 Å². The van der Waals surface area contributed by atoms with Crippen molar-refractivity contribution in [3.63, 3.8) is 0 Å². The van der Waals surface area contributed by atoms with Gasteiger partial charge in [-0.05, 0) is 19.1 Å². The van der Waals surface area contributed by atoms with Gasteiger partial charge >= 0.3 is 0 Å². The van der Waals surface area contributed by atoms with Crippen LogP contribution in [-0.4, -0.2) is 20.7 Å². The summed E-state index contributed by atoms with van der Waals surface area (Å²) in [6.07, 6.45) is 1.31. The molecular formula is C10H10N4O. The van der Waals surface area contributed by atoms with Crippen molar-refractivity contribution in [3.8, 4) is 0 Å². The zero-order valence-electron chi connectivity index (χ0n) is 8.21. The molecule has 0 spiro atoms. The number of anilines is 1. The van der Waals surface area contributed by atoms with Crippen LogP contribution in [0.1, 0.15) is 15.9 Å². The second kappa shape index (κ2) is 3.53. The molecule has 15 heavy (non-hydrogen) atoms. The highest BCUT2D eigenvalue weighted by Crippen LogP contribution is 2.06. The molecule has 5 heteroatoms. The fourth-order valence-electron chi connectivity index (χ4n) is 1.28. The summed E-state index contributed by atoms with van der Waals surface area (Å²) in [7, 11) is 0. The van der Waals surface area contributed by atoms with E-state index in [9.17, 15) is 4.79 Å². The SMILES string of the molecule is Cc1cccc(C(=O)n2cnc(N)n2)c1. The first kappa shape index (κ1) is 9.39. The monoisotopic (exact) mass is 202 g/mol. The number of aryl methyl sites for hydroxylation is 1. The number of carbonyl (C=O) groups excluding carboxylic acids is 1. The standard InChI is InChI=1S/C10H10N4O/c1-7-3-2-4-8(5-7)9(15)14-6-12-10(11)13-14/h2-6H,1H3,(H2,11,13). The first-order valence-corrected chi connectivity index (χ1v) is 4.45. The molecule has 0 amide bonds. The lowest BCUT2D eigenvalue weighted by atomic mass is 10.1. The van der Waals surface area contributed by atoms with Crippen molar-refractivity contribution in [1.82, 2.24) is 14.8 Å². The first-order chi connectivity index (χ1) is 7.16. The molecule has 0 saturated carbocycles. The van der Waals surface area contributed by atoms with Crippen LogP contribution in [0.4, 0.5) is 5.95 Å². The first-order valence-electron chi connectivity index (χ1n) is 4.45. The summed E-state index contributed by atoms with van der Waals surface area (Å²) in [5.74, 6) is -0.140. The van der Waals surface area contributed by atoms with Gasteiger partial charge in [0.1, 0.15) is 6.33 Å². The van der Waals surface area contributed by atoms with Gasteiger partial charge in [0, 0.05) is 5.56 Å². The third kappa shape index (κ3) is 1.85. The molecule has 2 aromatic rings. The van der Waals surface area contributed by atoms with Crippen LogP contribution < -0.4 is 5.73 Å². The van der Waals surface area contributed by atoms with Crippen LogP contribution >= 0.6 is 0 Å². The third-order valence-electron chi connectivity index (χ3n) is 1.98. The predicted molar refractivity (Wildman–Crippen MR) is 55.3 cm³/mol. The number of carbonyl (C=O) groups is 1. The summed E-state index contributed by atoms with van der Waals surface area (Å²) in [5, 5.41) is 3.75. The van der Waals surface area contributed by atoms with E-state index in [0.29, 0.717) is 5.56 Å². The van der Waals surface area contributed by atoms with E-state index in [-0.39, 0.29) is 11.9 Å². The number of nitrogen functional groups attached to an aromatic ring is 1. The molecule has 0 aliphatic carbocycles. The van der Waals surface area contributed by atoms with E-state index in [1.54, 1.807) is 12.1 Å². The molecule has 0 aliphatic rings. The average Bonchev–Trinajstić information content (AvgIpc) is 2.64. The highest BCUT2D eigenvalue weighted by molar-refractivity contribution is 5.95. The summed E-state index contributed by atoms with van der Waals surface area (Å²) in [6.45, 7) is 1.92. The number of benzene rings is 1. The van der Waals surface area contributed by atoms with Crippen molar-refractivity contribution in [2.75, 3.05) is 5.73 Å². The largest absolute Gasteiger partial charge is 0.366 e. The maximum atomic E-state index is 11.8. The lowest BCUT2D eigenvalue weighted by molar-refractivity contribution is 0.0945. The molecule has 0 unspecified atom stereocenters. The van der Waals surface area contributed by atoms with Crippen LogP contribution in [0.5, 0.6) is 0 Å². The van der Waals surface area contributed by atoms with Crippen LogP contribution in [0.15, 0.2) is 30.6 Å². The average molecular weight is 202 g/mol. The van der Waals surface area contributed by atoms with Crippen LogP contribution in [0.3, 0.4) is 0 Å². The van der Waals surface area contributed by atoms with Gasteiger partial charge in [-0.3, -0.25) is 4.79 Å². The molecule has 0 atom stereocenters. The van der Waals surface area contributed by atoms with Gasteiger partial charge in [0.25, 0.3) is 5.91 Å². The van der Waals surface area contributed by atoms with Crippen LogP contribution in [0, 0.1) is 6.92 Å². The molecule has 0 aliphatic heterocycles. The Labute approximate surface area is 86.5 Å². The van der Waals surface area contributed by atoms with Crippen LogP contribution in [0.25, 0.3) is 0 Å². The summed E-state index contributed by atoms with van der Waals surface area (Å²) < 4.78 is 1.13. The Morgan fingerprint density at radius 2 is 2.27 bits per heavy atom. The number of nitrogens with two attached hydrogens (primary N) is 1. The topological polar surface area (TPSA) is 73.8 Å². The Morgan fingerprint density at radius 3 is 2.87 bits per heavy atom. The molecule has 1 heterocycles. The van der Waals surface area contributed by atoms with E-state index in [1.165, 1.54) is 6.33 Å². The molecule has 2 rings (SSSR count). The minimum atomic E-state index is -0.233. The van der Waals surface area contributed by atoms with E-state index in [1.807, 2.05) is 19.1 Å². The molecule has 1 aromatic heterocycles. The Kier molecular flexibility index (Phi) is 2.21. The molecule has 0 radical (unpaired) electrons. The van der Waals surface area contributed by atoms with Crippen LogP contribution in [-0.2, 0) is 0 Å². The molecule has 0 saturated heterocycles. The minimum absolute atomic E-state index is 0.0935. The van der Waals surface area contributed by atoms with Gasteiger partial charge in [-0.15, -0.1) is 5.10 Å². The highest BCUT2D eigenvalue weighted by atomic mass is 16.2. The lowest BCUT2D eigenvalue weighted by Gasteiger charge is -2.00. The summed E-state index contributed by atoms with van der Waals surface area (Å²) in [5.41, 5.74) is 6.92. The fourth-order valence-corrected chi connectivity index (χ4v) is 1.28. The van der Waals surface area contributed by atoms with Crippen LogP contribution in [0.2, 0.25) is 0 Å². The second-order valence-electron chi connectivity index (χ2n) is 3.22. The molecule has 76 valence electrons. The Balaban J connectivity index is 2.36. The molecule has 0 fully saturated rings. The normalized spacial score (nSPS) is 10.2. The van der Waals surface area contributed by atoms with Gasteiger partial charge in [0.15, 0.2) is 0 Å². The molecule has 0 bridgehead atoms. The highest BCUT2D eigenvalue weighted by Gasteiger charge is 2.09. The Hall–Kier alpha value is -2.17. The Bertz CT molecular complexity index is 504. The van der Waals surface area contributed by atoms with Gasteiger partial charge in [0.05, 0.1) is 0 Å². The molecule has 5 nitrogen and oxygen atoms in total. The number of hydrogen-bond acceptors (Lipinski definition) is 4. The number of aromatic nitrogens is 3. The van der Waals surface area contributed by atoms with Gasteiger partial charge in [-0.25, -0.2) is 4.98 Å². The van der Waals surface area contributed by atoms with Crippen molar-refractivity contribution in [2.24, 2.45) is 0 Å². The van der Waals surface area contributed by atoms with Gasteiger partial charge in [0.2, 0.25) is 5.95 Å².